The lowest BCUT2D eigenvalue weighted by Crippen LogP contribution is -2.40. The average Bonchev–Trinajstić information content (AvgIpc) is 3.44. The molecule has 0 spiro atoms. The Morgan fingerprint density at radius 2 is 2.14 bits per heavy atom. The molecule has 0 unspecified atom stereocenters. The molecule has 7 nitrogen and oxygen atoms in total. The highest BCUT2D eigenvalue weighted by Gasteiger charge is 2.37. The van der Waals surface area contributed by atoms with Crippen molar-refractivity contribution in [1.29, 1.82) is 0 Å². The second-order valence-corrected chi connectivity index (χ2v) is 9.36. The Labute approximate surface area is 172 Å². The van der Waals surface area contributed by atoms with E-state index in [1.165, 1.54) is 11.3 Å². The predicted octanol–water partition coefficient (Wildman–Crippen LogP) is 3.60. The van der Waals surface area contributed by atoms with E-state index in [0.717, 1.165) is 34.2 Å². The van der Waals surface area contributed by atoms with E-state index in [2.05, 4.69) is 35.7 Å². The fourth-order valence-corrected chi connectivity index (χ4v) is 4.67. The van der Waals surface area contributed by atoms with Crippen molar-refractivity contribution in [3.8, 4) is 0 Å². The number of pyridine rings is 1. The normalized spacial score (nSPS) is 16.9. The Bertz CT molecular complexity index is 1160. The van der Waals surface area contributed by atoms with E-state index in [1.54, 1.807) is 12.5 Å². The quantitative estimate of drug-likeness (QED) is 0.552. The third-order valence-electron chi connectivity index (χ3n) is 5.21. The van der Waals surface area contributed by atoms with E-state index in [0.29, 0.717) is 11.4 Å². The molecular formula is C21H22N6OS. The molecule has 148 valence electrons. The summed E-state index contributed by atoms with van der Waals surface area (Å²) in [5.41, 5.74) is 3.52. The number of fused-ring (bicyclic) bond motifs is 2. The number of imidazole rings is 2. The minimum Gasteiger partial charge on any atom is -0.348 e. The minimum atomic E-state index is -0.322. The topological polar surface area (TPSA) is 79.2 Å². The van der Waals surface area contributed by atoms with E-state index < -0.39 is 0 Å². The molecule has 4 aromatic rings. The van der Waals surface area contributed by atoms with Gasteiger partial charge in [0.05, 0.1) is 28.9 Å². The standard InChI is InChI=1S/C21H22N6OS/c1-21(2,3)20-22-10-15(29-20)19(28)27-9-7-13-17(24-12-23-13)18(27)14-11-26-8-5-4-6-16(26)25-14/h4-6,8,10-12,18H,7,9H2,1-3H3,(H,23,24)/t18-/m1/s1. The van der Waals surface area contributed by atoms with Gasteiger partial charge in [0, 0.05) is 36.5 Å². The number of amides is 1. The van der Waals surface area contributed by atoms with Crippen LogP contribution in [0.5, 0.6) is 0 Å². The summed E-state index contributed by atoms with van der Waals surface area (Å²) >= 11 is 1.47. The van der Waals surface area contributed by atoms with E-state index in [1.807, 2.05) is 39.9 Å². The van der Waals surface area contributed by atoms with Gasteiger partial charge in [-0.3, -0.25) is 4.79 Å². The largest absolute Gasteiger partial charge is 0.348 e. The van der Waals surface area contributed by atoms with Crippen LogP contribution >= 0.6 is 11.3 Å². The summed E-state index contributed by atoms with van der Waals surface area (Å²) in [6.07, 6.45) is 8.10. The Balaban J connectivity index is 1.57. The van der Waals surface area contributed by atoms with Crippen LogP contribution in [0.2, 0.25) is 0 Å². The zero-order valence-corrected chi connectivity index (χ0v) is 17.4. The molecule has 0 bridgehead atoms. The lowest BCUT2D eigenvalue weighted by atomic mass is 9.98. The summed E-state index contributed by atoms with van der Waals surface area (Å²) in [4.78, 5) is 33.1. The molecule has 1 amide bonds. The summed E-state index contributed by atoms with van der Waals surface area (Å²) in [6.45, 7) is 6.93. The minimum absolute atomic E-state index is 0.0197. The maximum Gasteiger partial charge on any atom is 0.266 e. The Morgan fingerprint density at radius 1 is 1.28 bits per heavy atom. The molecular weight excluding hydrogens is 384 g/mol. The number of aromatic nitrogens is 5. The first-order valence-corrected chi connectivity index (χ1v) is 10.5. The van der Waals surface area contributed by atoms with Crippen molar-refractivity contribution in [2.24, 2.45) is 0 Å². The first-order chi connectivity index (χ1) is 13.9. The molecule has 1 atom stereocenters. The highest BCUT2D eigenvalue weighted by molar-refractivity contribution is 7.13. The molecule has 1 N–H and O–H groups in total. The van der Waals surface area contributed by atoms with Crippen LogP contribution in [0, 0.1) is 0 Å². The smallest absolute Gasteiger partial charge is 0.266 e. The van der Waals surface area contributed by atoms with Crippen molar-refractivity contribution in [2.75, 3.05) is 6.54 Å². The van der Waals surface area contributed by atoms with E-state index in [-0.39, 0.29) is 17.4 Å². The zero-order chi connectivity index (χ0) is 20.2. The average molecular weight is 407 g/mol. The van der Waals surface area contributed by atoms with Gasteiger partial charge in [0.2, 0.25) is 0 Å². The van der Waals surface area contributed by atoms with Crippen molar-refractivity contribution >= 4 is 22.9 Å². The van der Waals surface area contributed by atoms with Gasteiger partial charge in [-0.25, -0.2) is 15.0 Å². The molecule has 0 radical (unpaired) electrons. The Morgan fingerprint density at radius 3 is 2.90 bits per heavy atom. The van der Waals surface area contributed by atoms with Crippen LogP contribution in [0.1, 0.15) is 58.6 Å². The van der Waals surface area contributed by atoms with Crippen LogP contribution in [0.25, 0.3) is 5.65 Å². The van der Waals surface area contributed by atoms with Crippen LogP contribution in [0.4, 0.5) is 0 Å². The Hall–Kier alpha value is -3.00. The van der Waals surface area contributed by atoms with Gasteiger partial charge in [0.15, 0.2) is 0 Å². The van der Waals surface area contributed by atoms with Crippen molar-refractivity contribution < 1.29 is 4.79 Å². The molecule has 1 aliphatic rings. The summed E-state index contributed by atoms with van der Waals surface area (Å²) < 4.78 is 1.98. The molecule has 5 rings (SSSR count). The van der Waals surface area contributed by atoms with Gasteiger partial charge in [-0.15, -0.1) is 11.3 Å². The number of aromatic amines is 1. The molecule has 8 heteroatoms. The van der Waals surface area contributed by atoms with E-state index in [9.17, 15) is 4.79 Å². The summed E-state index contributed by atoms with van der Waals surface area (Å²) in [6, 6.07) is 5.56. The van der Waals surface area contributed by atoms with Crippen LogP contribution in [0.3, 0.4) is 0 Å². The van der Waals surface area contributed by atoms with Gasteiger partial charge in [-0.1, -0.05) is 26.8 Å². The van der Waals surface area contributed by atoms with Crippen molar-refractivity contribution in [1.82, 2.24) is 29.2 Å². The first-order valence-electron chi connectivity index (χ1n) is 9.65. The molecule has 0 saturated heterocycles. The Kier molecular flexibility index (Phi) is 4.06. The number of H-pyrrole nitrogens is 1. The summed E-state index contributed by atoms with van der Waals surface area (Å²) in [5, 5.41) is 0.961. The second kappa shape index (κ2) is 6.52. The van der Waals surface area contributed by atoms with Gasteiger partial charge in [-0.2, -0.15) is 0 Å². The van der Waals surface area contributed by atoms with Crippen molar-refractivity contribution in [3.05, 3.63) is 70.1 Å². The number of thiazole rings is 1. The molecule has 0 aliphatic carbocycles. The SMILES string of the molecule is CC(C)(C)c1ncc(C(=O)N2CCc3[nH]cnc3[C@H]2c2cn3ccccc3n2)s1. The van der Waals surface area contributed by atoms with Crippen LogP contribution in [-0.2, 0) is 11.8 Å². The molecule has 0 aromatic carbocycles. The van der Waals surface area contributed by atoms with Crippen molar-refractivity contribution in [3.63, 3.8) is 0 Å². The number of nitrogens with zero attached hydrogens (tertiary/aromatic N) is 5. The van der Waals surface area contributed by atoms with Gasteiger partial charge in [0.25, 0.3) is 5.91 Å². The monoisotopic (exact) mass is 406 g/mol. The number of carbonyl (C=O) groups excluding carboxylic acids is 1. The second-order valence-electron chi connectivity index (χ2n) is 8.33. The lowest BCUT2D eigenvalue weighted by Gasteiger charge is -2.33. The summed E-state index contributed by atoms with van der Waals surface area (Å²) in [7, 11) is 0. The molecule has 0 saturated carbocycles. The first kappa shape index (κ1) is 18.1. The lowest BCUT2D eigenvalue weighted by molar-refractivity contribution is 0.0692. The molecule has 5 heterocycles. The third-order valence-corrected chi connectivity index (χ3v) is 6.62. The van der Waals surface area contributed by atoms with Crippen LogP contribution in [-0.4, -0.2) is 41.7 Å². The number of hydrogen-bond acceptors (Lipinski definition) is 5. The number of hydrogen-bond donors (Lipinski definition) is 1. The highest BCUT2D eigenvalue weighted by atomic mass is 32.1. The third kappa shape index (κ3) is 3.04. The van der Waals surface area contributed by atoms with E-state index in [4.69, 9.17) is 4.98 Å². The molecule has 0 fully saturated rings. The fourth-order valence-electron chi connectivity index (χ4n) is 3.74. The zero-order valence-electron chi connectivity index (χ0n) is 16.6. The van der Waals surface area contributed by atoms with Gasteiger partial charge < -0.3 is 14.3 Å². The van der Waals surface area contributed by atoms with E-state index >= 15 is 0 Å². The van der Waals surface area contributed by atoms with Crippen LogP contribution in [0.15, 0.2) is 43.1 Å². The molecule has 4 aromatic heterocycles. The fraction of sp³-hybridized carbons (Fsp3) is 0.333. The molecule has 1 aliphatic heterocycles. The predicted molar refractivity (Wildman–Crippen MR) is 111 cm³/mol. The number of rotatable bonds is 2. The van der Waals surface area contributed by atoms with Gasteiger partial charge in [-0.05, 0) is 12.1 Å². The maximum absolute atomic E-state index is 13.5. The summed E-state index contributed by atoms with van der Waals surface area (Å²) in [5.74, 6) is -0.0197. The molecule has 29 heavy (non-hydrogen) atoms. The van der Waals surface area contributed by atoms with Gasteiger partial charge >= 0.3 is 0 Å². The number of nitrogens with one attached hydrogen (secondary N) is 1. The van der Waals surface area contributed by atoms with Crippen LogP contribution < -0.4 is 0 Å². The van der Waals surface area contributed by atoms with Gasteiger partial charge in [0.1, 0.15) is 16.6 Å². The maximum atomic E-state index is 13.5. The number of carbonyl (C=O) groups is 1. The highest BCUT2D eigenvalue weighted by Crippen LogP contribution is 2.35. The van der Waals surface area contributed by atoms with Crippen molar-refractivity contribution in [2.45, 2.75) is 38.6 Å².